The number of aromatic nitrogens is 4. The van der Waals surface area contributed by atoms with E-state index in [4.69, 9.17) is 11.6 Å². The summed E-state index contributed by atoms with van der Waals surface area (Å²) in [7, 11) is 0. The monoisotopic (exact) mass is 432 g/mol. The number of nitrogens with zero attached hydrogens (tertiary/aromatic N) is 4. The molecule has 0 aliphatic carbocycles. The maximum Gasteiger partial charge on any atom is 0.256 e. The SMILES string of the molecule is O=C(NCCCCCl)c1cnn2ccc(N3CCCC3c3cc(F)c[nH]c3=O)nc12. The Morgan fingerprint density at radius 1 is 1.40 bits per heavy atom. The molecule has 1 aliphatic rings. The van der Waals surface area contributed by atoms with Gasteiger partial charge in [-0.15, -0.1) is 11.6 Å². The highest BCUT2D eigenvalue weighted by molar-refractivity contribution is 6.17. The Labute approximate surface area is 177 Å². The third kappa shape index (κ3) is 4.02. The highest BCUT2D eigenvalue weighted by Gasteiger charge is 2.30. The normalized spacial score (nSPS) is 16.3. The number of fused-ring (bicyclic) bond motifs is 1. The van der Waals surface area contributed by atoms with Gasteiger partial charge in [0, 0.05) is 36.9 Å². The molecule has 158 valence electrons. The molecule has 8 nitrogen and oxygen atoms in total. The molecule has 1 unspecified atom stereocenters. The molecule has 1 saturated heterocycles. The summed E-state index contributed by atoms with van der Waals surface area (Å²) in [6, 6.07) is 2.78. The molecule has 10 heteroatoms. The highest BCUT2D eigenvalue weighted by Crippen LogP contribution is 2.34. The number of alkyl halides is 1. The summed E-state index contributed by atoms with van der Waals surface area (Å²) in [5.74, 6) is 0.445. The number of halogens is 2. The molecule has 3 aromatic rings. The zero-order chi connectivity index (χ0) is 21.1. The van der Waals surface area contributed by atoms with Gasteiger partial charge in [-0.05, 0) is 37.8 Å². The average molecular weight is 433 g/mol. The Hall–Kier alpha value is -2.94. The summed E-state index contributed by atoms with van der Waals surface area (Å²) >= 11 is 5.67. The van der Waals surface area contributed by atoms with Gasteiger partial charge in [-0.1, -0.05) is 0 Å². The Balaban J connectivity index is 1.62. The van der Waals surface area contributed by atoms with Crippen molar-refractivity contribution in [3.63, 3.8) is 0 Å². The number of H-pyrrole nitrogens is 1. The molecular weight excluding hydrogens is 411 g/mol. The Kier molecular flexibility index (Phi) is 5.98. The molecule has 1 amide bonds. The van der Waals surface area contributed by atoms with Crippen molar-refractivity contribution in [2.24, 2.45) is 0 Å². The van der Waals surface area contributed by atoms with Gasteiger partial charge in [0.05, 0.1) is 12.2 Å². The van der Waals surface area contributed by atoms with E-state index in [2.05, 4.69) is 20.4 Å². The van der Waals surface area contributed by atoms with Crippen LogP contribution in [0.5, 0.6) is 0 Å². The number of carbonyl (C=O) groups is 1. The second kappa shape index (κ2) is 8.83. The van der Waals surface area contributed by atoms with E-state index >= 15 is 0 Å². The van der Waals surface area contributed by atoms with E-state index in [9.17, 15) is 14.0 Å². The number of carbonyl (C=O) groups excluding carboxylic acids is 1. The largest absolute Gasteiger partial charge is 0.352 e. The molecule has 0 bridgehead atoms. The van der Waals surface area contributed by atoms with E-state index in [1.165, 1.54) is 16.8 Å². The quantitative estimate of drug-likeness (QED) is 0.442. The lowest BCUT2D eigenvalue weighted by Gasteiger charge is -2.25. The van der Waals surface area contributed by atoms with Gasteiger partial charge in [-0.25, -0.2) is 13.9 Å². The van der Waals surface area contributed by atoms with Crippen molar-refractivity contribution in [3.05, 3.63) is 58.0 Å². The first-order valence-electron chi connectivity index (χ1n) is 9.92. The van der Waals surface area contributed by atoms with Gasteiger partial charge in [0.15, 0.2) is 5.65 Å². The van der Waals surface area contributed by atoms with E-state index in [0.29, 0.717) is 48.0 Å². The van der Waals surface area contributed by atoms with Gasteiger partial charge in [0.1, 0.15) is 17.2 Å². The Bertz CT molecular complexity index is 1110. The minimum Gasteiger partial charge on any atom is -0.352 e. The van der Waals surface area contributed by atoms with Crippen molar-refractivity contribution in [1.82, 2.24) is 24.9 Å². The van der Waals surface area contributed by atoms with Crippen LogP contribution in [0.15, 0.2) is 35.5 Å². The number of hydrogen-bond donors (Lipinski definition) is 2. The van der Waals surface area contributed by atoms with E-state index in [0.717, 1.165) is 25.5 Å². The summed E-state index contributed by atoms with van der Waals surface area (Å²) in [6.45, 7) is 1.21. The van der Waals surface area contributed by atoms with Gasteiger partial charge in [-0.2, -0.15) is 5.10 Å². The molecule has 0 radical (unpaired) electrons. The minimum atomic E-state index is -0.483. The number of rotatable bonds is 7. The van der Waals surface area contributed by atoms with Gasteiger partial charge in [0.25, 0.3) is 11.5 Å². The molecule has 4 rings (SSSR count). The number of unbranched alkanes of at least 4 members (excludes halogenated alkanes) is 1. The molecule has 3 aromatic heterocycles. The van der Waals surface area contributed by atoms with Crippen LogP contribution in [0, 0.1) is 5.82 Å². The molecule has 0 aromatic carbocycles. The molecule has 0 saturated carbocycles. The van der Waals surface area contributed by atoms with Crippen LogP contribution in [0.4, 0.5) is 10.2 Å². The summed E-state index contributed by atoms with van der Waals surface area (Å²) in [5.41, 5.74) is 0.874. The zero-order valence-electron chi connectivity index (χ0n) is 16.3. The van der Waals surface area contributed by atoms with Crippen LogP contribution in [0.3, 0.4) is 0 Å². The van der Waals surface area contributed by atoms with E-state index in [-0.39, 0.29) is 17.5 Å². The van der Waals surface area contributed by atoms with Crippen LogP contribution in [0.1, 0.15) is 47.6 Å². The predicted molar refractivity (Wildman–Crippen MR) is 112 cm³/mol. The molecule has 1 aliphatic heterocycles. The fraction of sp³-hybridized carbons (Fsp3) is 0.400. The summed E-state index contributed by atoms with van der Waals surface area (Å²) in [5, 5.41) is 7.06. The van der Waals surface area contributed by atoms with Crippen molar-refractivity contribution in [2.75, 3.05) is 23.9 Å². The van der Waals surface area contributed by atoms with Crippen LogP contribution in [-0.2, 0) is 0 Å². The van der Waals surface area contributed by atoms with Crippen molar-refractivity contribution in [2.45, 2.75) is 31.7 Å². The smallest absolute Gasteiger partial charge is 0.256 e. The molecule has 30 heavy (non-hydrogen) atoms. The Morgan fingerprint density at radius 3 is 3.10 bits per heavy atom. The van der Waals surface area contributed by atoms with Crippen LogP contribution in [-0.4, -0.2) is 44.5 Å². The van der Waals surface area contributed by atoms with Crippen molar-refractivity contribution in [3.8, 4) is 0 Å². The topological polar surface area (TPSA) is 95.4 Å². The average Bonchev–Trinajstić information content (AvgIpc) is 3.39. The number of aromatic amines is 1. The van der Waals surface area contributed by atoms with E-state index in [1.54, 1.807) is 12.3 Å². The van der Waals surface area contributed by atoms with Gasteiger partial charge in [-0.3, -0.25) is 9.59 Å². The first-order valence-corrected chi connectivity index (χ1v) is 10.5. The van der Waals surface area contributed by atoms with Crippen LogP contribution >= 0.6 is 11.6 Å². The summed E-state index contributed by atoms with van der Waals surface area (Å²) < 4.78 is 15.3. The number of hydrogen-bond acceptors (Lipinski definition) is 5. The van der Waals surface area contributed by atoms with Crippen molar-refractivity contribution >= 4 is 29.0 Å². The van der Waals surface area contributed by atoms with Crippen molar-refractivity contribution < 1.29 is 9.18 Å². The molecule has 4 heterocycles. The maximum absolute atomic E-state index is 13.7. The molecule has 1 atom stereocenters. The molecular formula is C20H22ClFN6O2. The van der Waals surface area contributed by atoms with E-state index < -0.39 is 5.82 Å². The van der Waals surface area contributed by atoms with Crippen LogP contribution in [0.25, 0.3) is 5.65 Å². The van der Waals surface area contributed by atoms with E-state index in [1.807, 2.05) is 4.90 Å². The first-order chi connectivity index (χ1) is 14.6. The lowest BCUT2D eigenvalue weighted by Crippen LogP contribution is -2.29. The zero-order valence-corrected chi connectivity index (χ0v) is 17.0. The van der Waals surface area contributed by atoms with Crippen molar-refractivity contribution in [1.29, 1.82) is 0 Å². The van der Waals surface area contributed by atoms with Crippen LogP contribution in [0.2, 0.25) is 0 Å². The number of pyridine rings is 1. The minimum absolute atomic E-state index is 0.247. The van der Waals surface area contributed by atoms with Gasteiger partial charge >= 0.3 is 0 Å². The lowest BCUT2D eigenvalue weighted by molar-refractivity contribution is 0.0954. The third-order valence-corrected chi connectivity index (χ3v) is 5.52. The molecule has 2 N–H and O–H groups in total. The second-order valence-corrected chi connectivity index (χ2v) is 7.60. The standard InChI is InChI=1S/C20H22ClFN6O2/c21-6-1-2-7-23-20(30)15-12-25-28-9-5-17(26-18(15)28)27-8-3-4-16(27)14-10-13(22)11-24-19(14)29/h5,9-12,16H,1-4,6-8H2,(H,23,30)(H,24,29). The summed E-state index contributed by atoms with van der Waals surface area (Å²) in [4.78, 5) is 33.9. The predicted octanol–water partition coefficient (Wildman–Crippen LogP) is 2.65. The number of anilines is 1. The maximum atomic E-state index is 13.7. The fourth-order valence-corrected chi connectivity index (χ4v) is 3.97. The number of nitrogens with one attached hydrogen (secondary N) is 2. The highest BCUT2D eigenvalue weighted by atomic mass is 35.5. The fourth-order valence-electron chi connectivity index (χ4n) is 3.78. The number of amides is 1. The molecule has 0 spiro atoms. The Morgan fingerprint density at radius 2 is 2.27 bits per heavy atom. The lowest BCUT2D eigenvalue weighted by atomic mass is 10.1. The van der Waals surface area contributed by atoms with Crippen LogP contribution < -0.4 is 15.8 Å². The first kappa shape index (κ1) is 20.3. The summed E-state index contributed by atoms with van der Waals surface area (Å²) in [6.07, 6.45) is 7.46. The second-order valence-electron chi connectivity index (χ2n) is 7.22. The third-order valence-electron chi connectivity index (χ3n) is 5.25. The van der Waals surface area contributed by atoms with Gasteiger partial charge < -0.3 is 15.2 Å². The van der Waals surface area contributed by atoms with Gasteiger partial charge in [0.2, 0.25) is 0 Å². The molecule has 1 fully saturated rings.